The molecule has 0 radical (unpaired) electrons. The van der Waals surface area contributed by atoms with Gasteiger partial charge in [0.1, 0.15) is 5.82 Å². The van der Waals surface area contributed by atoms with E-state index in [0.29, 0.717) is 73.4 Å². The van der Waals surface area contributed by atoms with Crippen LogP contribution in [-0.4, -0.2) is 112 Å². The highest BCUT2D eigenvalue weighted by Crippen LogP contribution is 2.56. The first-order valence-corrected chi connectivity index (χ1v) is 17.6. The predicted molar refractivity (Wildman–Crippen MR) is 177 cm³/mol. The molecule has 3 saturated heterocycles. The summed E-state index contributed by atoms with van der Waals surface area (Å²) in [5.41, 5.74) is 0.882. The van der Waals surface area contributed by atoms with Gasteiger partial charge in [0.2, 0.25) is 0 Å². The van der Waals surface area contributed by atoms with Crippen molar-refractivity contribution in [1.29, 1.82) is 5.26 Å². The fraction of sp³-hybridized carbons (Fsp3) is 0.400. The van der Waals surface area contributed by atoms with Crippen molar-refractivity contribution in [3.63, 3.8) is 0 Å². The van der Waals surface area contributed by atoms with E-state index in [1.54, 1.807) is 86.8 Å². The summed E-state index contributed by atoms with van der Waals surface area (Å²) in [5.74, 6) is -0.252. The second kappa shape index (κ2) is 12.2. The number of amides is 1. The zero-order valence-electron chi connectivity index (χ0n) is 27.2. The number of carbonyl (C=O) groups is 2. The lowest BCUT2D eigenvalue weighted by molar-refractivity contribution is -0.132. The number of pyridine rings is 2. The number of aromatic nitrogens is 2. The van der Waals surface area contributed by atoms with Crippen molar-refractivity contribution in [2.45, 2.75) is 31.5 Å². The van der Waals surface area contributed by atoms with Gasteiger partial charge in [-0.25, -0.2) is 0 Å². The first kappa shape index (κ1) is 32.1. The molecule has 48 heavy (non-hydrogen) atoms. The van der Waals surface area contributed by atoms with Crippen molar-refractivity contribution in [2.75, 3.05) is 46.3 Å². The summed E-state index contributed by atoms with van der Waals surface area (Å²) >= 11 is 0. The smallest absolute Gasteiger partial charge is 0.282 e. The maximum atomic E-state index is 15.1. The van der Waals surface area contributed by atoms with Crippen LogP contribution in [0.25, 0.3) is 0 Å². The number of likely N-dealkylation sites (N-methyl/N-ethyl adjacent to an activating group) is 1. The Kier molecular flexibility index (Phi) is 8.15. The summed E-state index contributed by atoms with van der Waals surface area (Å²) < 4.78 is 30.6. The van der Waals surface area contributed by atoms with E-state index in [0.717, 1.165) is 0 Å². The highest BCUT2D eigenvalue weighted by Gasteiger charge is 2.68. The lowest BCUT2D eigenvalue weighted by atomic mass is 9.82. The Hall–Kier alpha value is -4.48. The number of hydrogen-bond donors (Lipinski definition) is 0. The average molecular weight is 667 g/mol. The highest BCUT2D eigenvalue weighted by atomic mass is 32.2. The Balaban J connectivity index is 1.23. The van der Waals surface area contributed by atoms with E-state index >= 15 is 4.79 Å². The summed E-state index contributed by atoms with van der Waals surface area (Å²) in [6, 6.07) is 15.8. The van der Waals surface area contributed by atoms with Gasteiger partial charge in [-0.2, -0.15) is 22.3 Å². The molecule has 248 valence electrons. The summed E-state index contributed by atoms with van der Waals surface area (Å²) in [6.45, 7) is 7.16. The Labute approximate surface area is 281 Å². The molecule has 0 bridgehead atoms. The number of piperidine rings is 1. The third-order valence-corrected chi connectivity index (χ3v) is 12.4. The molecule has 13 heteroatoms. The van der Waals surface area contributed by atoms with E-state index in [1.165, 1.54) is 6.08 Å². The van der Waals surface area contributed by atoms with Crippen LogP contribution < -0.4 is 0 Å². The molecule has 4 fully saturated rings. The normalized spacial score (nSPS) is 25.4. The van der Waals surface area contributed by atoms with Crippen LogP contribution in [-0.2, 0) is 20.5 Å². The molecule has 3 aliphatic heterocycles. The Bertz CT molecular complexity index is 1840. The van der Waals surface area contributed by atoms with Gasteiger partial charge >= 0.3 is 0 Å². The van der Waals surface area contributed by atoms with Crippen LogP contribution in [0.15, 0.2) is 85.2 Å². The van der Waals surface area contributed by atoms with Gasteiger partial charge in [-0.1, -0.05) is 0 Å². The third-order valence-electron chi connectivity index (χ3n) is 10.4. The molecular formula is C35H38N8O4S. The minimum atomic E-state index is -3.65. The zero-order valence-corrected chi connectivity index (χ0v) is 28.0. The molecular weight excluding hydrogens is 629 g/mol. The molecule has 4 aliphatic rings. The van der Waals surface area contributed by atoms with E-state index in [4.69, 9.17) is 0 Å². The fourth-order valence-electron chi connectivity index (χ4n) is 7.75. The summed E-state index contributed by atoms with van der Waals surface area (Å²) in [4.78, 5) is 43.1. The number of nitriles is 1. The van der Waals surface area contributed by atoms with E-state index in [2.05, 4.69) is 34.8 Å². The molecule has 0 N–H and O–H groups in total. The summed E-state index contributed by atoms with van der Waals surface area (Å²) in [7, 11) is -1.84. The van der Waals surface area contributed by atoms with E-state index in [-0.39, 0.29) is 29.6 Å². The molecule has 1 aliphatic carbocycles. The van der Waals surface area contributed by atoms with Crippen LogP contribution in [0, 0.1) is 23.2 Å². The minimum Gasteiger partial charge on any atom is -0.339 e. The number of fused-ring (bicyclic) bond motifs is 1. The molecule has 1 aromatic carbocycles. The van der Waals surface area contributed by atoms with Crippen molar-refractivity contribution >= 4 is 21.9 Å². The number of hydrogen-bond acceptors (Lipinski definition) is 9. The van der Waals surface area contributed by atoms with Crippen LogP contribution in [0.3, 0.4) is 0 Å². The SMILES string of the molecule is CC(C)N1CCN(S(=O)(=O)N2C[C@@H]3[C@H](C2)[C@H]3N2C(=O)C(c3ccncc3)(c3ccncc3)N(C)C2=CC(=O)c2ccc(C#N)cc2)CC1. The maximum Gasteiger partial charge on any atom is 0.282 e. The van der Waals surface area contributed by atoms with Gasteiger partial charge < -0.3 is 4.90 Å². The van der Waals surface area contributed by atoms with Gasteiger partial charge in [-0.05, 0) is 73.5 Å². The van der Waals surface area contributed by atoms with Crippen molar-refractivity contribution < 1.29 is 18.0 Å². The topological polar surface area (TPSA) is 134 Å². The Morgan fingerprint density at radius 3 is 1.94 bits per heavy atom. The zero-order chi connectivity index (χ0) is 33.8. The monoisotopic (exact) mass is 666 g/mol. The molecule has 0 unspecified atom stereocenters. The minimum absolute atomic E-state index is 0.0758. The van der Waals surface area contributed by atoms with Crippen LogP contribution in [0.4, 0.5) is 0 Å². The van der Waals surface area contributed by atoms with Gasteiger partial charge in [0.25, 0.3) is 16.1 Å². The van der Waals surface area contributed by atoms with Gasteiger partial charge in [0.05, 0.1) is 11.6 Å². The Morgan fingerprint density at radius 2 is 1.44 bits per heavy atom. The number of rotatable bonds is 8. The van der Waals surface area contributed by atoms with Gasteiger partial charge in [-0.15, -0.1) is 0 Å². The largest absolute Gasteiger partial charge is 0.339 e. The fourth-order valence-corrected chi connectivity index (χ4v) is 9.42. The molecule has 3 aromatic rings. The summed E-state index contributed by atoms with van der Waals surface area (Å²) in [6.07, 6.45) is 8.05. The van der Waals surface area contributed by atoms with Gasteiger partial charge in [0, 0.05) is 107 Å². The van der Waals surface area contributed by atoms with Crippen molar-refractivity contribution in [1.82, 2.24) is 33.3 Å². The van der Waals surface area contributed by atoms with Crippen LogP contribution in [0.5, 0.6) is 0 Å². The first-order valence-electron chi connectivity index (χ1n) is 16.2. The number of allylic oxidation sites excluding steroid dienone is 1. The molecule has 0 spiro atoms. The number of benzene rings is 1. The first-order chi connectivity index (χ1) is 23.1. The van der Waals surface area contributed by atoms with Gasteiger partial charge in [-0.3, -0.25) is 29.4 Å². The number of piperazine rings is 1. The number of carbonyl (C=O) groups excluding carboxylic acids is 2. The van der Waals surface area contributed by atoms with E-state index < -0.39 is 15.7 Å². The number of ketones is 1. The molecule has 3 atom stereocenters. The molecule has 2 aromatic heterocycles. The van der Waals surface area contributed by atoms with E-state index in [1.807, 2.05) is 11.9 Å². The van der Waals surface area contributed by atoms with E-state index in [9.17, 15) is 18.5 Å². The average Bonchev–Trinajstić information content (AvgIpc) is 3.46. The van der Waals surface area contributed by atoms with Gasteiger partial charge in [0.15, 0.2) is 11.3 Å². The molecule has 5 heterocycles. The quantitative estimate of drug-likeness (QED) is 0.262. The molecule has 1 saturated carbocycles. The third kappa shape index (κ3) is 5.11. The number of nitrogens with zero attached hydrogens (tertiary/aromatic N) is 8. The van der Waals surface area contributed by atoms with Crippen molar-refractivity contribution in [3.05, 3.63) is 107 Å². The van der Waals surface area contributed by atoms with Crippen LogP contribution in [0.2, 0.25) is 0 Å². The van der Waals surface area contributed by atoms with Crippen molar-refractivity contribution in [3.8, 4) is 6.07 Å². The standard InChI is InChI=1S/C35H38N8O4S/c1-24(2)40-16-18-41(19-17-40)48(46,47)42-22-29-30(23-42)33(29)43-32(20-31(44)26-6-4-25(21-36)5-7-26)39(3)35(34(43)45,27-8-12-37-13-9-27)28-10-14-38-15-11-28/h4-15,20,24,29-30,33H,16-19,22-23H2,1-3H3/t29-,30+,33+. The molecule has 1 amide bonds. The predicted octanol–water partition coefficient (Wildman–Crippen LogP) is 2.29. The Morgan fingerprint density at radius 1 is 0.896 bits per heavy atom. The molecule has 7 rings (SSSR count). The second-order valence-electron chi connectivity index (χ2n) is 13.1. The van der Waals surface area contributed by atoms with Crippen LogP contribution >= 0.6 is 0 Å². The van der Waals surface area contributed by atoms with Crippen LogP contribution in [0.1, 0.15) is 40.9 Å². The van der Waals surface area contributed by atoms with Crippen molar-refractivity contribution in [2.24, 2.45) is 11.8 Å². The maximum absolute atomic E-state index is 15.1. The second-order valence-corrected chi connectivity index (χ2v) is 15.1. The lowest BCUT2D eigenvalue weighted by Crippen LogP contribution is -2.54. The highest BCUT2D eigenvalue weighted by molar-refractivity contribution is 7.86. The molecule has 12 nitrogen and oxygen atoms in total. The summed E-state index contributed by atoms with van der Waals surface area (Å²) in [5, 5.41) is 9.24. The lowest BCUT2D eigenvalue weighted by Gasteiger charge is -2.38.